The Morgan fingerprint density at radius 1 is 1.38 bits per heavy atom. The number of hydrogen-bond donors (Lipinski definition) is 3. The van der Waals surface area contributed by atoms with E-state index in [9.17, 15) is 22.4 Å². The van der Waals surface area contributed by atoms with Gasteiger partial charge in [0.25, 0.3) is 0 Å². The molecule has 0 saturated carbocycles. The van der Waals surface area contributed by atoms with E-state index >= 15 is 0 Å². The van der Waals surface area contributed by atoms with Crippen LogP contribution >= 0.6 is 0 Å². The zero-order chi connectivity index (χ0) is 15.8. The zero-order valence-corrected chi connectivity index (χ0v) is 12.0. The van der Waals surface area contributed by atoms with Crippen LogP contribution in [0.2, 0.25) is 0 Å². The van der Waals surface area contributed by atoms with Crippen LogP contribution in [0.1, 0.15) is 18.4 Å². The van der Waals surface area contributed by atoms with Gasteiger partial charge in [-0.15, -0.1) is 0 Å². The highest BCUT2D eigenvalue weighted by Crippen LogP contribution is 2.21. The second-order valence-electron chi connectivity index (χ2n) is 4.74. The number of carbonyl (C=O) groups is 2. The first-order valence-corrected chi connectivity index (χ1v) is 7.60. The number of nitrogen functional groups attached to an aromatic ring is 1. The van der Waals surface area contributed by atoms with Crippen molar-refractivity contribution < 1.29 is 22.4 Å². The maximum Gasteiger partial charge on any atom is 0.244 e. The Labute approximate surface area is 120 Å². The van der Waals surface area contributed by atoms with Crippen molar-refractivity contribution in [3.8, 4) is 0 Å². The van der Waals surface area contributed by atoms with Gasteiger partial charge in [0.15, 0.2) is 0 Å². The normalized spacial score (nSPS) is 19.4. The second kappa shape index (κ2) is 5.41. The topological polar surface area (TPSA) is 118 Å². The van der Waals surface area contributed by atoms with E-state index in [2.05, 4.69) is 4.72 Å². The molecule has 1 fully saturated rings. The van der Waals surface area contributed by atoms with Gasteiger partial charge in [0.2, 0.25) is 21.8 Å². The van der Waals surface area contributed by atoms with Crippen molar-refractivity contribution in [3.05, 3.63) is 23.5 Å². The molecule has 1 saturated heterocycles. The van der Waals surface area contributed by atoms with E-state index in [1.807, 2.05) is 5.32 Å². The third-order valence-electron chi connectivity index (χ3n) is 3.20. The van der Waals surface area contributed by atoms with Crippen molar-refractivity contribution in [2.45, 2.75) is 30.7 Å². The van der Waals surface area contributed by atoms with E-state index in [4.69, 9.17) is 5.73 Å². The Kier molecular flexibility index (Phi) is 3.97. The van der Waals surface area contributed by atoms with Crippen LogP contribution in [0.3, 0.4) is 0 Å². The Hall–Kier alpha value is -2.00. The van der Waals surface area contributed by atoms with Crippen LogP contribution in [0.4, 0.5) is 10.1 Å². The first-order chi connectivity index (χ1) is 9.70. The van der Waals surface area contributed by atoms with E-state index < -0.39 is 33.7 Å². The molecular formula is C12H14FN3O4S. The van der Waals surface area contributed by atoms with Gasteiger partial charge in [-0.05, 0) is 25.5 Å². The van der Waals surface area contributed by atoms with Crippen molar-refractivity contribution in [1.82, 2.24) is 10.0 Å². The van der Waals surface area contributed by atoms with Gasteiger partial charge in [-0.2, -0.15) is 4.72 Å². The number of anilines is 1. The Balaban J connectivity index is 2.27. The summed E-state index contributed by atoms with van der Waals surface area (Å²) in [5.41, 5.74) is 5.69. The maximum atomic E-state index is 13.6. The number of sulfonamides is 1. The lowest BCUT2D eigenvalue weighted by molar-refractivity contribution is -0.134. The highest BCUT2D eigenvalue weighted by atomic mass is 32.2. The molecule has 1 aromatic carbocycles. The zero-order valence-electron chi connectivity index (χ0n) is 11.1. The van der Waals surface area contributed by atoms with E-state index in [1.54, 1.807) is 0 Å². The largest absolute Gasteiger partial charge is 0.398 e. The molecule has 0 bridgehead atoms. The number of imide groups is 1. The molecule has 2 rings (SSSR count). The number of hydrogen-bond acceptors (Lipinski definition) is 5. The minimum absolute atomic E-state index is 0.00125. The number of nitrogens with two attached hydrogens (primary N) is 1. The molecule has 2 amide bonds. The van der Waals surface area contributed by atoms with Gasteiger partial charge in [0.05, 0.1) is 4.90 Å². The maximum absolute atomic E-state index is 13.6. The minimum Gasteiger partial charge on any atom is -0.398 e. The van der Waals surface area contributed by atoms with E-state index in [1.165, 1.54) is 6.92 Å². The van der Waals surface area contributed by atoms with Gasteiger partial charge >= 0.3 is 0 Å². The monoisotopic (exact) mass is 315 g/mol. The smallest absolute Gasteiger partial charge is 0.244 e. The molecule has 114 valence electrons. The number of rotatable bonds is 3. The third-order valence-corrected chi connectivity index (χ3v) is 4.66. The average molecular weight is 315 g/mol. The van der Waals surface area contributed by atoms with Crippen LogP contribution < -0.4 is 15.8 Å². The molecule has 0 spiro atoms. The summed E-state index contributed by atoms with van der Waals surface area (Å²) in [6.45, 7) is 1.43. The van der Waals surface area contributed by atoms with Gasteiger partial charge in [-0.3, -0.25) is 14.9 Å². The quantitative estimate of drug-likeness (QED) is 0.527. The lowest BCUT2D eigenvalue weighted by Gasteiger charge is -2.21. The molecule has 21 heavy (non-hydrogen) atoms. The highest BCUT2D eigenvalue weighted by Gasteiger charge is 2.31. The summed E-state index contributed by atoms with van der Waals surface area (Å²) in [7, 11) is -4.11. The second-order valence-corrected chi connectivity index (χ2v) is 6.46. The summed E-state index contributed by atoms with van der Waals surface area (Å²) in [5, 5.41) is 2.03. The molecule has 0 aromatic heterocycles. The third kappa shape index (κ3) is 3.19. The molecule has 7 nitrogen and oxygen atoms in total. The fraction of sp³-hybridized carbons (Fsp3) is 0.333. The average Bonchev–Trinajstić information content (AvgIpc) is 2.38. The van der Waals surface area contributed by atoms with E-state index in [0.717, 1.165) is 12.1 Å². The van der Waals surface area contributed by atoms with Crippen LogP contribution in [0, 0.1) is 12.7 Å². The van der Waals surface area contributed by atoms with Crippen LogP contribution in [0.15, 0.2) is 17.0 Å². The standard InChI is InChI=1S/C12H14FN3O4S/c1-6-8(13)4-7(5-9(6)14)21(19,20)16-10-2-3-11(17)15-12(10)18/h4-5,10,16H,2-3,14H2,1H3,(H,15,17,18). The number of amides is 2. The Morgan fingerprint density at radius 2 is 2.05 bits per heavy atom. The Bertz CT molecular complexity index is 694. The summed E-state index contributed by atoms with van der Waals surface area (Å²) < 4.78 is 40.0. The summed E-state index contributed by atoms with van der Waals surface area (Å²) in [6.07, 6.45) is 0.0804. The number of piperidine rings is 1. The van der Waals surface area contributed by atoms with Crippen molar-refractivity contribution in [2.75, 3.05) is 5.73 Å². The summed E-state index contributed by atoms with van der Waals surface area (Å²) in [6, 6.07) is 0.880. The number of carbonyl (C=O) groups excluding carboxylic acids is 2. The molecule has 1 atom stereocenters. The van der Waals surface area contributed by atoms with E-state index in [-0.39, 0.29) is 29.0 Å². The predicted octanol–water partition coefficient (Wildman–Crippen LogP) is -0.200. The van der Waals surface area contributed by atoms with Crippen LogP contribution in [-0.2, 0) is 19.6 Å². The highest BCUT2D eigenvalue weighted by molar-refractivity contribution is 7.89. The summed E-state index contributed by atoms with van der Waals surface area (Å²) >= 11 is 0. The summed E-state index contributed by atoms with van der Waals surface area (Å²) in [5.74, 6) is -1.94. The SMILES string of the molecule is Cc1c(N)cc(S(=O)(=O)NC2CCC(=O)NC2=O)cc1F. The fourth-order valence-electron chi connectivity index (χ4n) is 1.89. The van der Waals surface area contributed by atoms with Gasteiger partial charge in [-0.25, -0.2) is 12.8 Å². The van der Waals surface area contributed by atoms with Crippen molar-refractivity contribution in [3.63, 3.8) is 0 Å². The van der Waals surface area contributed by atoms with Crippen LogP contribution in [0.5, 0.6) is 0 Å². The molecule has 1 aliphatic heterocycles. The molecular weight excluding hydrogens is 301 g/mol. The van der Waals surface area contributed by atoms with Gasteiger partial charge in [0.1, 0.15) is 11.9 Å². The summed E-state index contributed by atoms with van der Waals surface area (Å²) in [4.78, 5) is 22.2. The molecule has 1 aliphatic rings. The molecule has 0 radical (unpaired) electrons. The van der Waals surface area contributed by atoms with Crippen molar-refractivity contribution in [1.29, 1.82) is 0 Å². The van der Waals surface area contributed by atoms with Crippen LogP contribution in [0.25, 0.3) is 0 Å². The van der Waals surface area contributed by atoms with Crippen LogP contribution in [-0.4, -0.2) is 26.3 Å². The number of benzene rings is 1. The molecule has 1 aromatic rings. The Morgan fingerprint density at radius 3 is 2.62 bits per heavy atom. The lowest BCUT2D eigenvalue weighted by Crippen LogP contribution is -2.52. The molecule has 1 heterocycles. The number of halogens is 1. The van der Waals surface area contributed by atoms with Gasteiger partial charge in [0, 0.05) is 17.7 Å². The fourth-order valence-corrected chi connectivity index (χ4v) is 3.17. The van der Waals surface area contributed by atoms with Crippen molar-refractivity contribution >= 4 is 27.5 Å². The first-order valence-electron chi connectivity index (χ1n) is 6.12. The molecule has 9 heteroatoms. The van der Waals surface area contributed by atoms with E-state index in [0.29, 0.717) is 0 Å². The number of nitrogens with one attached hydrogen (secondary N) is 2. The molecule has 0 aliphatic carbocycles. The first kappa shape index (κ1) is 15.4. The molecule has 4 N–H and O–H groups in total. The lowest BCUT2D eigenvalue weighted by atomic mass is 10.1. The molecule has 1 unspecified atom stereocenters. The predicted molar refractivity (Wildman–Crippen MR) is 72.0 cm³/mol. The van der Waals surface area contributed by atoms with Gasteiger partial charge in [-0.1, -0.05) is 0 Å². The minimum atomic E-state index is -4.11. The van der Waals surface area contributed by atoms with Crippen molar-refractivity contribution in [2.24, 2.45) is 0 Å². The van der Waals surface area contributed by atoms with Gasteiger partial charge < -0.3 is 5.73 Å².